The Kier molecular flexibility index (Phi) is 5.55. The monoisotopic (exact) mass is 263 g/mol. The summed E-state index contributed by atoms with van der Waals surface area (Å²) in [6.45, 7) is 8.80. The Morgan fingerprint density at radius 1 is 1.32 bits per heavy atom. The van der Waals surface area contributed by atoms with Gasteiger partial charge in [0.1, 0.15) is 5.75 Å². The van der Waals surface area contributed by atoms with Gasteiger partial charge < -0.3 is 10.5 Å². The van der Waals surface area contributed by atoms with Crippen LogP contribution in [0.5, 0.6) is 5.75 Å². The lowest BCUT2D eigenvalue weighted by atomic mass is 9.83. The number of para-hydroxylation sites is 1. The Morgan fingerprint density at radius 2 is 1.95 bits per heavy atom. The van der Waals surface area contributed by atoms with Crippen molar-refractivity contribution in [3.05, 3.63) is 29.8 Å². The van der Waals surface area contributed by atoms with Gasteiger partial charge in [-0.15, -0.1) is 0 Å². The molecule has 0 aromatic heterocycles. The SMILES string of the molecule is CCCOc1ccccc1C(=O)CC(N)C(C)(C)C. The molecular formula is C16H25NO2. The first-order valence-electron chi connectivity index (χ1n) is 6.87. The summed E-state index contributed by atoms with van der Waals surface area (Å²) in [5.74, 6) is 0.713. The Balaban J connectivity index is 2.82. The molecule has 1 aromatic rings. The average molecular weight is 263 g/mol. The molecule has 3 nitrogen and oxygen atoms in total. The lowest BCUT2D eigenvalue weighted by Crippen LogP contribution is -2.37. The van der Waals surface area contributed by atoms with E-state index >= 15 is 0 Å². The highest BCUT2D eigenvalue weighted by molar-refractivity contribution is 5.99. The minimum Gasteiger partial charge on any atom is -0.493 e. The molecular weight excluding hydrogens is 238 g/mol. The zero-order valence-electron chi connectivity index (χ0n) is 12.4. The number of carbonyl (C=O) groups excluding carboxylic acids is 1. The Bertz CT molecular complexity index is 421. The van der Waals surface area contributed by atoms with E-state index in [2.05, 4.69) is 0 Å². The molecule has 106 valence electrons. The number of rotatable bonds is 6. The lowest BCUT2D eigenvalue weighted by molar-refractivity contribution is 0.0949. The summed E-state index contributed by atoms with van der Waals surface area (Å²) in [5, 5.41) is 0. The van der Waals surface area contributed by atoms with E-state index in [9.17, 15) is 4.79 Å². The zero-order chi connectivity index (χ0) is 14.5. The van der Waals surface area contributed by atoms with Crippen LogP contribution in [0.1, 0.15) is 50.9 Å². The number of ketones is 1. The fourth-order valence-electron chi connectivity index (χ4n) is 1.65. The molecule has 0 saturated heterocycles. The van der Waals surface area contributed by atoms with Crippen molar-refractivity contribution in [3.63, 3.8) is 0 Å². The largest absolute Gasteiger partial charge is 0.493 e. The predicted molar refractivity (Wildman–Crippen MR) is 78.6 cm³/mol. The van der Waals surface area contributed by atoms with E-state index in [1.165, 1.54) is 0 Å². The van der Waals surface area contributed by atoms with E-state index in [1.54, 1.807) is 0 Å². The maximum Gasteiger partial charge on any atom is 0.168 e. The second-order valence-corrected chi connectivity index (χ2v) is 5.94. The number of Topliss-reactive ketones (excluding diaryl/α,β-unsaturated/α-hetero) is 1. The summed E-state index contributed by atoms with van der Waals surface area (Å²) in [4.78, 5) is 12.3. The zero-order valence-corrected chi connectivity index (χ0v) is 12.4. The summed E-state index contributed by atoms with van der Waals surface area (Å²) in [7, 11) is 0. The maximum atomic E-state index is 12.3. The van der Waals surface area contributed by atoms with E-state index in [1.807, 2.05) is 52.0 Å². The van der Waals surface area contributed by atoms with Crippen molar-refractivity contribution in [1.82, 2.24) is 0 Å². The van der Waals surface area contributed by atoms with Gasteiger partial charge in [0.05, 0.1) is 12.2 Å². The second-order valence-electron chi connectivity index (χ2n) is 5.94. The van der Waals surface area contributed by atoms with Crippen LogP contribution in [0.2, 0.25) is 0 Å². The van der Waals surface area contributed by atoms with E-state index in [4.69, 9.17) is 10.5 Å². The number of hydrogen-bond donors (Lipinski definition) is 1. The van der Waals surface area contributed by atoms with E-state index < -0.39 is 0 Å². The van der Waals surface area contributed by atoms with Gasteiger partial charge in [-0.25, -0.2) is 0 Å². The molecule has 2 N–H and O–H groups in total. The molecule has 0 heterocycles. The third-order valence-electron chi connectivity index (χ3n) is 3.17. The van der Waals surface area contributed by atoms with Crippen LogP contribution in [0.4, 0.5) is 0 Å². The molecule has 1 rings (SSSR count). The minimum atomic E-state index is -0.153. The second kappa shape index (κ2) is 6.71. The first kappa shape index (κ1) is 15.7. The van der Waals surface area contributed by atoms with Gasteiger partial charge in [-0.2, -0.15) is 0 Å². The van der Waals surface area contributed by atoms with Gasteiger partial charge in [0, 0.05) is 12.5 Å². The van der Waals surface area contributed by atoms with Crippen LogP contribution in [0.25, 0.3) is 0 Å². The summed E-state index contributed by atoms with van der Waals surface area (Å²) in [6.07, 6.45) is 1.26. The molecule has 0 radical (unpaired) electrons. The predicted octanol–water partition coefficient (Wildman–Crippen LogP) is 3.42. The third-order valence-corrected chi connectivity index (χ3v) is 3.17. The summed E-state index contributed by atoms with van der Waals surface area (Å²) in [6, 6.07) is 7.23. The van der Waals surface area contributed by atoms with E-state index in [0.717, 1.165) is 6.42 Å². The molecule has 0 aliphatic carbocycles. The van der Waals surface area contributed by atoms with Crippen LogP contribution in [0.15, 0.2) is 24.3 Å². The normalized spacial score (nSPS) is 13.1. The quantitative estimate of drug-likeness (QED) is 0.800. The molecule has 0 aliphatic heterocycles. The van der Waals surface area contributed by atoms with E-state index in [0.29, 0.717) is 24.3 Å². The van der Waals surface area contributed by atoms with Crippen LogP contribution in [-0.2, 0) is 0 Å². The molecule has 0 saturated carbocycles. The maximum absolute atomic E-state index is 12.3. The minimum absolute atomic E-state index is 0.0501. The van der Waals surface area contributed by atoms with Crippen LogP contribution in [0, 0.1) is 5.41 Å². The summed E-state index contributed by atoms with van der Waals surface area (Å²) in [5.41, 5.74) is 6.64. The number of hydrogen-bond acceptors (Lipinski definition) is 3. The van der Waals surface area contributed by atoms with Gasteiger partial charge >= 0.3 is 0 Å². The van der Waals surface area contributed by atoms with Crippen LogP contribution >= 0.6 is 0 Å². The van der Waals surface area contributed by atoms with Crippen molar-refractivity contribution in [2.24, 2.45) is 11.1 Å². The van der Waals surface area contributed by atoms with E-state index in [-0.39, 0.29) is 17.2 Å². The molecule has 1 unspecified atom stereocenters. The van der Waals surface area contributed by atoms with Gasteiger partial charge in [0.15, 0.2) is 5.78 Å². The Hall–Kier alpha value is -1.35. The van der Waals surface area contributed by atoms with Crippen LogP contribution in [0.3, 0.4) is 0 Å². The highest BCUT2D eigenvalue weighted by Gasteiger charge is 2.24. The van der Waals surface area contributed by atoms with Crippen molar-refractivity contribution in [1.29, 1.82) is 0 Å². The Morgan fingerprint density at radius 3 is 2.53 bits per heavy atom. The van der Waals surface area contributed by atoms with Crippen molar-refractivity contribution < 1.29 is 9.53 Å². The van der Waals surface area contributed by atoms with Gasteiger partial charge in [0.2, 0.25) is 0 Å². The molecule has 0 aliphatic rings. The number of benzene rings is 1. The first-order valence-corrected chi connectivity index (χ1v) is 6.87. The van der Waals surface area contributed by atoms with Gasteiger partial charge in [-0.1, -0.05) is 39.8 Å². The van der Waals surface area contributed by atoms with Gasteiger partial charge in [0.25, 0.3) is 0 Å². The van der Waals surface area contributed by atoms with Crippen molar-refractivity contribution in [2.45, 2.75) is 46.6 Å². The van der Waals surface area contributed by atoms with Crippen LogP contribution in [-0.4, -0.2) is 18.4 Å². The number of nitrogens with two attached hydrogens (primary N) is 1. The molecule has 1 atom stereocenters. The van der Waals surface area contributed by atoms with Crippen molar-refractivity contribution in [3.8, 4) is 5.75 Å². The topological polar surface area (TPSA) is 52.3 Å². The average Bonchev–Trinajstić information content (AvgIpc) is 2.35. The molecule has 19 heavy (non-hydrogen) atoms. The summed E-state index contributed by atoms with van der Waals surface area (Å²) < 4.78 is 5.61. The molecule has 0 bridgehead atoms. The lowest BCUT2D eigenvalue weighted by Gasteiger charge is -2.26. The highest BCUT2D eigenvalue weighted by atomic mass is 16.5. The van der Waals surface area contributed by atoms with Gasteiger partial charge in [-0.05, 0) is 24.0 Å². The van der Waals surface area contributed by atoms with Crippen LogP contribution < -0.4 is 10.5 Å². The molecule has 1 aromatic carbocycles. The molecule has 0 fully saturated rings. The number of ether oxygens (including phenoxy) is 1. The van der Waals surface area contributed by atoms with Gasteiger partial charge in [-0.3, -0.25) is 4.79 Å². The molecule has 0 spiro atoms. The fourth-order valence-corrected chi connectivity index (χ4v) is 1.65. The fraction of sp³-hybridized carbons (Fsp3) is 0.562. The highest BCUT2D eigenvalue weighted by Crippen LogP contribution is 2.25. The third kappa shape index (κ3) is 4.67. The summed E-state index contributed by atoms with van der Waals surface area (Å²) >= 11 is 0. The smallest absolute Gasteiger partial charge is 0.168 e. The van der Waals surface area contributed by atoms with Crippen molar-refractivity contribution in [2.75, 3.05) is 6.61 Å². The first-order chi connectivity index (χ1) is 8.86. The van der Waals surface area contributed by atoms with Crippen molar-refractivity contribution >= 4 is 5.78 Å². The Labute approximate surface area is 116 Å². The molecule has 0 amide bonds. The molecule has 3 heteroatoms. The number of carbonyl (C=O) groups is 1. The standard InChI is InChI=1S/C16H25NO2/c1-5-10-19-14-9-7-6-8-12(14)13(18)11-15(17)16(2,3)4/h6-9,15H,5,10-11,17H2,1-4H3.